The van der Waals surface area contributed by atoms with Crippen LogP contribution in [0.5, 0.6) is 5.75 Å². The van der Waals surface area contributed by atoms with Crippen molar-refractivity contribution >= 4 is 11.3 Å². The monoisotopic (exact) mass is 303 g/mol. The molecule has 0 amide bonds. The van der Waals surface area contributed by atoms with E-state index in [2.05, 4.69) is 6.07 Å². The Morgan fingerprint density at radius 2 is 2.14 bits per heavy atom. The molecule has 1 aromatic carbocycles. The van der Waals surface area contributed by atoms with Crippen molar-refractivity contribution in [2.75, 3.05) is 13.7 Å². The van der Waals surface area contributed by atoms with Gasteiger partial charge in [-0.15, -0.1) is 11.3 Å². The van der Waals surface area contributed by atoms with Crippen LogP contribution < -0.4 is 10.5 Å². The summed E-state index contributed by atoms with van der Waals surface area (Å²) in [5, 5.41) is 10.8. The third-order valence-electron chi connectivity index (χ3n) is 4.23. The van der Waals surface area contributed by atoms with Gasteiger partial charge in [-0.2, -0.15) is 0 Å². The first-order chi connectivity index (χ1) is 10.2. The largest absolute Gasteiger partial charge is 0.496 e. The first-order valence-electron chi connectivity index (χ1n) is 7.37. The lowest BCUT2D eigenvalue weighted by Gasteiger charge is -2.23. The molecule has 0 saturated carbocycles. The van der Waals surface area contributed by atoms with Gasteiger partial charge in [0.05, 0.1) is 13.2 Å². The molecule has 2 atom stereocenters. The SMILES string of the molecule is COc1ccccc1C(CN)C(O)c1cc2c(s1)CCC2. The van der Waals surface area contributed by atoms with Gasteiger partial charge in [-0.25, -0.2) is 0 Å². The maximum Gasteiger partial charge on any atom is 0.122 e. The van der Waals surface area contributed by atoms with E-state index in [-0.39, 0.29) is 5.92 Å². The number of thiophene rings is 1. The number of aryl methyl sites for hydroxylation is 2. The maximum atomic E-state index is 10.8. The standard InChI is InChI=1S/C17H21NO2S/c1-20-14-7-3-2-6-12(14)13(10-18)17(19)16-9-11-5-4-8-15(11)21-16/h2-3,6-7,9,13,17,19H,4-5,8,10,18H2,1H3. The molecule has 2 unspecified atom stereocenters. The van der Waals surface area contributed by atoms with Crippen LogP contribution in [0.1, 0.15) is 39.3 Å². The number of hydrogen-bond acceptors (Lipinski definition) is 4. The van der Waals surface area contributed by atoms with E-state index in [4.69, 9.17) is 10.5 Å². The molecule has 0 saturated heterocycles. The van der Waals surface area contributed by atoms with E-state index in [1.165, 1.54) is 16.9 Å². The third-order valence-corrected chi connectivity index (χ3v) is 5.54. The molecule has 0 spiro atoms. The summed E-state index contributed by atoms with van der Waals surface area (Å²) < 4.78 is 5.41. The molecule has 4 heteroatoms. The number of hydrogen-bond donors (Lipinski definition) is 2. The number of fused-ring (bicyclic) bond motifs is 1. The van der Waals surface area contributed by atoms with Crippen LogP contribution in [0, 0.1) is 0 Å². The zero-order valence-electron chi connectivity index (χ0n) is 12.2. The summed E-state index contributed by atoms with van der Waals surface area (Å²) in [7, 11) is 1.65. The lowest BCUT2D eigenvalue weighted by Crippen LogP contribution is -2.20. The fourth-order valence-corrected chi connectivity index (χ4v) is 4.40. The van der Waals surface area contributed by atoms with Crippen LogP contribution >= 0.6 is 11.3 Å². The van der Waals surface area contributed by atoms with Crippen LogP contribution in [-0.2, 0) is 12.8 Å². The topological polar surface area (TPSA) is 55.5 Å². The van der Waals surface area contributed by atoms with Crippen molar-refractivity contribution < 1.29 is 9.84 Å². The number of methoxy groups -OCH3 is 1. The average molecular weight is 303 g/mol. The summed E-state index contributed by atoms with van der Waals surface area (Å²) in [6.45, 7) is 0.393. The highest BCUT2D eigenvalue weighted by molar-refractivity contribution is 7.12. The Kier molecular flexibility index (Phi) is 4.29. The molecule has 1 aromatic heterocycles. The van der Waals surface area contributed by atoms with Gasteiger partial charge in [-0.05, 0) is 37.0 Å². The Balaban J connectivity index is 1.91. The predicted octanol–water partition coefficient (Wildman–Crippen LogP) is 3.02. The van der Waals surface area contributed by atoms with E-state index in [1.807, 2.05) is 24.3 Å². The lowest BCUT2D eigenvalue weighted by molar-refractivity contribution is 0.149. The van der Waals surface area contributed by atoms with Gasteiger partial charge in [0.2, 0.25) is 0 Å². The summed E-state index contributed by atoms with van der Waals surface area (Å²) in [5.41, 5.74) is 8.33. The van der Waals surface area contributed by atoms with Crippen molar-refractivity contribution in [3.63, 3.8) is 0 Å². The zero-order valence-corrected chi connectivity index (χ0v) is 13.0. The van der Waals surface area contributed by atoms with Crippen LogP contribution in [-0.4, -0.2) is 18.8 Å². The van der Waals surface area contributed by atoms with E-state index >= 15 is 0 Å². The minimum Gasteiger partial charge on any atom is -0.496 e. The molecule has 0 radical (unpaired) electrons. The Morgan fingerprint density at radius 3 is 2.86 bits per heavy atom. The summed E-state index contributed by atoms with van der Waals surface area (Å²) in [6, 6.07) is 9.96. The second kappa shape index (κ2) is 6.18. The van der Waals surface area contributed by atoms with Crippen molar-refractivity contribution in [2.45, 2.75) is 31.3 Å². The summed E-state index contributed by atoms with van der Waals surface area (Å²) >= 11 is 1.74. The van der Waals surface area contributed by atoms with E-state index in [1.54, 1.807) is 18.4 Å². The van der Waals surface area contributed by atoms with Gasteiger partial charge in [-0.3, -0.25) is 0 Å². The molecular weight excluding hydrogens is 282 g/mol. The summed E-state index contributed by atoms with van der Waals surface area (Å²) in [4.78, 5) is 2.46. The first kappa shape index (κ1) is 14.6. The number of aliphatic hydroxyl groups is 1. The number of aliphatic hydroxyl groups excluding tert-OH is 1. The molecule has 3 N–H and O–H groups in total. The van der Waals surface area contributed by atoms with Gasteiger partial charge in [0, 0.05) is 27.8 Å². The molecule has 2 aromatic rings. The number of nitrogens with two attached hydrogens (primary N) is 1. The number of ether oxygens (including phenoxy) is 1. The molecule has 3 nitrogen and oxygen atoms in total. The van der Waals surface area contributed by atoms with Crippen LogP contribution in [0.2, 0.25) is 0 Å². The molecule has 1 heterocycles. The zero-order chi connectivity index (χ0) is 14.8. The van der Waals surface area contributed by atoms with Crippen molar-refractivity contribution in [3.8, 4) is 5.75 Å². The van der Waals surface area contributed by atoms with Crippen LogP contribution in [0.3, 0.4) is 0 Å². The quantitative estimate of drug-likeness (QED) is 0.892. The van der Waals surface area contributed by atoms with Crippen molar-refractivity contribution in [2.24, 2.45) is 5.73 Å². The van der Waals surface area contributed by atoms with E-state index in [0.717, 1.165) is 29.0 Å². The Hall–Kier alpha value is -1.36. The van der Waals surface area contributed by atoms with E-state index in [9.17, 15) is 5.11 Å². The summed E-state index contributed by atoms with van der Waals surface area (Å²) in [5.74, 6) is 0.649. The third kappa shape index (κ3) is 2.71. The molecule has 3 rings (SSSR count). The second-order valence-electron chi connectivity index (χ2n) is 5.48. The van der Waals surface area contributed by atoms with Crippen molar-refractivity contribution in [1.82, 2.24) is 0 Å². The molecule has 0 aliphatic heterocycles. The molecule has 1 aliphatic carbocycles. The van der Waals surface area contributed by atoms with Crippen LogP contribution in [0.15, 0.2) is 30.3 Å². The van der Waals surface area contributed by atoms with Gasteiger partial charge < -0.3 is 15.6 Å². The highest BCUT2D eigenvalue weighted by atomic mass is 32.1. The fourth-order valence-electron chi connectivity index (χ4n) is 3.09. The predicted molar refractivity (Wildman–Crippen MR) is 86.1 cm³/mol. The Labute approximate surface area is 129 Å². The molecule has 21 heavy (non-hydrogen) atoms. The van der Waals surface area contributed by atoms with Gasteiger partial charge in [0.1, 0.15) is 5.75 Å². The van der Waals surface area contributed by atoms with Crippen LogP contribution in [0.25, 0.3) is 0 Å². The van der Waals surface area contributed by atoms with Crippen molar-refractivity contribution in [1.29, 1.82) is 0 Å². The minimum absolute atomic E-state index is 0.139. The normalized spacial score (nSPS) is 16.5. The molecule has 0 fully saturated rings. The van der Waals surface area contributed by atoms with Crippen LogP contribution in [0.4, 0.5) is 0 Å². The average Bonchev–Trinajstić information content (AvgIpc) is 3.09. The highest BCUT2D eigenvalue weighted by Gasteiger charge is 2.27. The summed E-state index contributed by atoms with van der Waals surface area (Å²) in [6.07, 6.45) is 2.96. The smallest absolute Gasteiger partial charge is 0.122 e. The van der Waals surface area contributed by atoms with Gasteiger partial charge in [0.25, 0.3) is 0 Å². The number of para-hydroxylation sites is 1. The lowest BCUT2D eigenvalue weighted by atomic mass is 9.91. The van der Waals surface area contributed by atoms with Gasteiger partial charge in [0.15, 0.2) is 0 Å². The fraction of sp³-hybridized carbons (Fsp3) is 0.412. The molecule has 112 valence electrons. The van der Waals surface area contributed by atoms with E-state index in [0.29, 0.717) is 6.54 Å². The molecule has 0 bridgehead atoms. The van der Waals surface area contributed by atoms with Gasteiger partial charge >= 0.3 is 0 Å². The first-order valence-corrected chi connectivity index (χ1v) is 8.18. The minimum atomic E-state index is -0.568. The highest BCUT2D eigenvalue weighted by Crippen LogP contribution is 2.40. The molecule has 1 aliphatic rings. The number of benzene rings is 1. The van der Waals surface area contributed by atoms with Crippen molar-refractivity contribution in [3.05, 3.63) is 51.2 Å². The Bertz CT molecular complexity index is 602. The Morgan fingerprint density at radius 1 is 1.33 bits per heavy atom. The maximum absolute atomic E-state index is 10.8. The molecular formula is C17H21NO2S. The second-order valence-corrected chi connectivity index (χ2v) is 6.65. The van der Waals surface area contributed by atoms with Gasteiger partial charge in [-0.1, -0.05) is 18.2 Å². The number of rotatable bonds is 5. The van der Waals surface area contributed by atoms with E-state index < -0.39 is 6.10 Å².